The molecule has 2 heterocycles. The first-order valence-corrected chi connectivity index (χ1v) is 10.9. The van der Waals surface area contributed by atoms with Gasteiger partial charge in [-0.2, -0.15) is 0 Å². The molecule has 2 amide bonds. The molecule has 1 aliphatic heterocycles. The lowest BCUT2D eigenvalue weighted by molar-refractivity contribution is -0.123. The fourth-order valence-corrected chi connectivity index (χ4v) is 4.08. The molecule has 1 saturated heterocycles. The molecule has 0 radical (unpaired) electrons. The number of aromatic nitrogens is 1. The van der Waals surface area contributed by atoms with Gasteiger partial charge in [0.2, 0.25) is 5.91 Å². The normalized spacial score (nSPS) is 15.8. The smallest absolute Gasteiger partial charge is 0.270 e. The number of aromatic amines is 1. The fraction of sp³-hybridized carbons (Fsp3) is 0.360. The molecular formula is C25H30N4O2. The Balaban J connectivity index is 1.27. The monoisotopic (exact) mass is 418 g/mol. The molecule has 1 atom stereocenters. The van der Waals surface area contributed by atoms with E-state index in [0.29, 0.717) is 38.4 Å². The predicted molar refractivity (Wildman–Crippen MR) is 123 cm³/mol. The molecule has 4 rings (SSSR count). The Bertz CT molecular complexity index is 1060. The van der Waals surface area contributed by atoms with E-state index in [1.54, 1.807) is 0 Å². The maximum Gasteiger partial charge on any atom is 0.270 e. The third kappa shape index (κ3) is 4.80. The summed E-state index contributed by atoms with van der Waals surface area (Å²) in [5.74, 6) is 0.0322. The Morgan fingerprint density at radius 2 is 1.74 bits per heavy atom. The Kier molecular flexibility index (Phi) is 6.09. The van der Waals surface area contributed by atoms with Crippen LogP contribution in [0.3, 0.4) is 0 Å². The van der Waals surface area contributed by atoms with Gasteiger partial charge >= 0.3 is 0 Å². The molecule has 6 heteroatoms. The molecule has 0 saturated carbocycles. The molecule has 162 valence electrons. The summed E-state index contributed by atoms with van der Waals surface area (Å²) in [5, 5.41) is 4.14. The number of hydrogen-bond acceptors (Lipinski definition) is 3. The van der Waals surface area contributed by atoms with E-state index in [-0.39, 0.29) is 17.9 Å². The molecule has 1 fully saturated rings. The summed E-state index contributed by atoms with van der Waals surface area (Å²) in [5.41, 5.74) is 5.19. The number of H-pyrrole nitrogens is 1. The number of amides is 2. The molecule has 1 aromatic heterocycles. The number of fused-ring (bicyclic) bond motifs is 1. The lowest BCUT2D eigenvalue weighted by Crippen LogP contribution is -2.51. The lowest BCUT2D eigenvalue weighted by Gasteiger charge is -2.34. The minimum absolute atomic E-state index is 0.0149. The summed E-state index contributed by atoms with van der Waals surface area (Å²) >= 11 is 0. The van der Waals surface area contributed by atoms with E-state index in [9.17, 15) is 9.59 Å². The third-order valence-electron chi connectivity index (χ3n) is 6.20. The highest BCUT2D eigenvalue weighted by molar-refractivity contribution is 5.98. The molecule has 0 spiro atoms. The fourth-order valence-electron chi connectivity index (χ4n) is 4.08. The molecule has 3 aromatic rings. The van der Waals surface area contributed by atoms with E-state index >= 15 is 0 Å². The summed E-state index contributed by atoms with van der Waals surface area (Å²) in [6, 6.07) is 16.1. The summed E-state index contributed by atoms with van der Waals surface area (Å²) in [4.78, 5) is 32.6. The van der Waals surface area contributed by atoms with Crippen molar-refractivity contribution in [2.75, 3.05) is 32.7 Å². The number of hydrogen-bond donors (Lipinski definition) is 2. The van der Waals surface area contributed by atoms with E-state index in [0.717, 1.165) is 16.5 Å². The van der Waals surface area contributed by atoms with E-state index in [2.05, 4.69) is 47.2 Å². The van der Waals surface area contributed by atoms with Crippen molar-refractivity contribution >= 4 is 22.7 Å². The second-order valence-corrected chi connectivity index (χ2v) is 8.47. The number of aryl methyl sites for hydroxylation is 2. The lowest BCUT2D eigenvalue weighted by atomic mass is 10.0. The maximum atomic E-state index is 12.8. The molecule has 0 aliphatic carbocycles. The Hall–Kier alpha value is -3.12. The molecule has 1 aliphatic rings. The van der Waals surface area contributed by atoms with Crippen molar-refractivity contribution in [3.05, 3.63) is 70.9 Å². The first kappa shape index (κ1) is 21.1. The van der Waals surface area contributed by atoms with Gasteiger partial charge in [0.05, 0.1) is 12.6 Å². The van der Waals surface area contributed by atoms with Crippen LogP contribution in [0, 0.1) is 13.8 Å². The number of nitrogens with one attached hydrogen (secondary N) is 2. The number of piperazine rings is 1. The number of carbonyl (C=O) groups excluding carboxylic acids is 2. The first-order valence-electron chi connectivity index (χ1n) is 10.9. The summed E-state index contributed by atoms with van der Waals surface area (Å²) in [7, 11) is 0. The molecule has 2 aromatic carbocycles. The van der Waals surface area contributed by atoms with Crippen LogP contribution in [0.2, 0.25) is 0 Å². The highest BCUT2D eigenvalue weighted by atomic mass is 16.2. The topological polar surface area (TPSA) is 68.4 Å². The highest BCUT2D eigenvalue weighted by Gasteiger charge is 2.24. The Morgan fingerprint density at radius 3 is 2.45 bits per heavy atom. The second kappa shape index (κ2) is 8.94. The van der Waals surface area contributed by atoms with Crippen molar-refractivity contribution in [1.82, 2.24) is 20.1 Å². The SMILES string of the molecule is Cc1ccc(C(C)NC(=O)CN2CCN(C(=O)c3cc4ccccc4[nH]3)CC2)cc1C. The van der Waals surface area contributed by atoms with Gasteiger partial charge in [-0.1, -0.05) is 36.4 Å². The van der Waals surface area contributed by atoms with E-state index < -0.39 is 0 Å². The zero-order valence-electron chi connectivity index (χ0n) is 18.4. The summed E-state index contributed by atoms with van der Waals surface area (Å²) < 4.78 is 0. The van der Waals surface area contributed by atoms with Crippen molar-refractivity contribution in [3.8, 4) is 0 Å². The van der Waals surface area contributed by atoms with Gasteiger partial charge in [0.15, 0.2) is 0 Å². The standard InChI is InChI=1S/C25H30N4O2/c1-17-8-9-20(14-18(17)2)19(3)26-24(30)16-28-10-12-29(13-11-28)25(31)23-15-21-6-4-5-7-22(21)27-23/h4-9,14-15,19,27H,10-13,16H2,1-3H3,(H,26,30). The maximum absolute atomic E-state index is 12.8. The van der Waals surface area contributed by atoms with Crippen molar-refractivity contribution in [3.63, 3.8) is 0 Å². The first-order chi connectivity index (χ1) is 14.9. The van der Waals surface area contributed by atoms with Gasteiger partial charge in [-0.15, -0.1) is 0 Å². The second-order valence-electron chi connectivity index (χ2n) is 8.47. The van der Waals surface area contributed by atoms with Crippen LogP contribution in [-0.4, -0.2) is 59.3 Å². The van der Waals surface area contributed by atoms with Crippen LogP contribution in [0.5, 0.6) is 0 Å². The van der Waals surface area contributed by atoms with Gasteiger partial charge in [-0.05, 0) is 49.6 Å². The van der Waals surface area contributed by atoms with Crippen LogP contribution in [0.25, 0.3) is 10.9 Å². The van der Waals surface area contributed by atoms with Gasteiger partial charge in [-0.25, -0.2) is 0 Å². The van der Waals surface area contributed by atoms with Crippen molar-refractivity contribution in [2.24, 2.45) is 0 Å². The van der Waals surface area contributed by atoms with Crippen LogP contribution < -0.4 is 5.32 Å². The minimum atomic E-state index is -0.0309. The quantitative estimate of drug-likeness (QED) is 0.667. The zero-order chi connectivity index (χ0) is 22.0. The molecule has 0 bridgehead atoms. The van der Waals surface area contributed by atoms with Crippen molar-refractivity contribution < 1.29 is 9.59 Å². The minimum Gasteiger partial charge on any atom is -0.351 e. The number of para-hydroxylation sites is 1. The summed E-state index contributed by atoms with van der Waals surface area (Å²) in [6.07, 6.45) is 0. The van der Waals surface area contributed by atoms with Crippen molar-refractivity contribution in [1.29, 1.82) is 0 Å². The Morgan fingerprint density at radius 1 is 1.00 bits per heavy atom. The third-order valence-corrected chi connectivity index (χ3v) is 6.20. The molecule has 6 nitrogen and oxygen atoms in total. The molecule has 31 heavy (non-hydrogen) atoms. The number of rotatable bonds is 5. The largest absolute Gasteiger partial charge is 0.351 e. The number of benzene rings is 2. The predicted octanol–water partition coefficient (Wildman–Crippen LogP) is 3.42. The van der Waals surface area contributed by atoms with Gasteiger partial charge in [-0.3, -0.25) is 14.5 Å². The van der Waals surface area contributed by atoms with Crippen LogP contribution in [0.1, 0.15) is 40.1 Å². The van der Waals surface area contributed by atoms with Gasteiger partial charge < -0.3 is 15.2 Å². The van der Waals surface area contributed by atoms with E-state index in [4.69, 9.17) is 0 Å². The molecular weight excluding hydrogens is 388 g/mol. The van der Waals surface area contributed by atoms with E-state index in [1.807, 2.05) is 42.2 Å². The zero-order valence-corrected chi connectivity index (χ0v) is 18.4. The van der Waals surface area contributed by atoms with Crippen LogP contribution in [-0.2, 0) is 4.79 Å². The Labute approximate surface area is 183 Å². The van der Waals surface area contributed by atoms with Crippen LogP contribution in [0.15, 0.2) is 48.5 Å². The molecule has 2 N–H and O–H groups in total. The van der Waals surface area contributed by atoms with Crippen LogP contribution in [0.4, 0.5) is 0 Å². The van der Waals surface area contributed by atoms with Gasteiger partial charge in [0, 0.05) is 37.1 Å². The van der Waals surface area contributed by atoms with Crippen molar-refractivity contribution in [2.45, 2.75) is 26.8 Å². The van der Waals surface area contributed by atoms with Gasteiger partial charge in [0.1, 0.15) is 5.69 Å². The number of carbonyl (C=O) groups is 2. The van der Waals surface area contributed by atoms with E-state index in [1.165, 1.54) is 11.1 Å². The highest BCUT2D eigenvalue weighted by Crippen LogP contribution is 2.18. The summed E-state index contributed by atoms with van der Waals surface area (Å²) in [6.45, 7) is 9.16. The average Bonchev–Trinajstić information content (AvgIpc) is 3.20. The van der Waals surface area contributed by atoms with Gasteiger partial charge in [0.25, 0.3) is 5.91 Å². The number of nitrogens with zero attached hydrogens (tertiary/aromatic N) is 2. The average molecular weight is 419 g/mol. The molecule has 1 unspecified atom stereocenters. The van der Waals surface area contributed by atoms with Crippen LogP contribution >= 0.6 is 0 Å².